The van der Waals surface area contributed by atoms with Crippen LogP contribution in [0.5, 0.6) is 0 Å². The van der Waals surface area contributed by atoms with Crippen molar-refractivity contribution in [2.75, 3.05) is 4.90 Å². The van der Waals surface area contributed by atoms with E-state index in [1.54, 1.807) is 0 Å². The van der Waals surface area contributed by atoms with Crippen LogP contribution in [-0.2, 0) is 0 Å². The third kappa shape index (κ3) is 5.66. The molecule has 3 aromatic heterocycles. The molecule has 0 fully saturated rings. The Labute approximate surface area is 367 Å². The molecule has 12 aromatic rings. The van der Waals surface area contributed by atoms with Gasteiger partial charge in [0.25, 0.3) is 0 Å². The Hall–Kier alpha value is -8.19. The van der Waals surface area contributed by atoms with Gasteiger partial charge in [-0.3, -0.25) is 4.57 Å². The third-order valence-electron chi connectivity index (χ3n) is 12.4. The number of anilines is 3. The highest BCUT2D eigenvalue weighted by Gasteiger charge is 2.31. The third-order valence-corrected chi connectivity index (χ3v) is 13.5. The van der Waals surface area contributed by atoms with Crippen molar-refractivity contribution in [3.63, 3.8) is 0 Å². The summed E-state index contributed by atoms with van der Waals surface area (Å²) in [5.41, 5.74) is 14.0. The topological polar surface area (TPSA) is 46.8 Å². The second kappa shape index (κ2) is 14.2. The minimum Gasteiger partial charge on any atom is -0.307 e. The Balaban J connectivity index is 1.17. The fraction of sp³-hybridized carbons (Fsp3) is 0. The zero-order valence-corrected chi connectivity index (χ0v) is 34.7. The van der Waals surface area contributed by atoms with Gasteiger partial charge in [0.05, 0.1) is 22.4 Å². The van der Waals surface area contributed by atoms with Gasteiger partial charge in [0.1, 0.15) is 0 Å². The first kappa shape index (κ1) is 35.6. The summed E-state index contributed by atoms with van der Waals surface area (Å²) in [5.74, 6) is 1.77. The summed E-state index contributed by atoms with van der Waals surface area (Å²) >= 11 is 1.85. The molecule has 4 heterocycles. The Kier molecular flexibility index (Phi) is 8.01. The molecule has 0 aliphatic carbocycles. The summed E-state index contributed by atoms with van der Waals surface area (Å²) in [7, 11) is 0. The monoisotopic (exact) mass is 821 g/mol. The molecule has 1 aliphatic rings. The molecule has 9 aromatic carbocycles. The lowest BCUT2D eigenvalue weighted by Gasteiger charge is -2.28. The summed E-state index contributed by atoms with van der Waals surface area (Å²) in [4.78, 5) is 18.3. The first-order valence-corrected chi connectivity index (χ1v) is 22.0. The SMILES string of the molecule is c1ccc(-c2nc(-c3ccccc3)nc(-n3c4ccc(-c5ccc6sc7ccccc7c6c5)cc4c4ccc5c(c43)N(c3ccccc3)c3ccccc3-c3ccccc3-5)n2)cc1. The quantitative estimate of drug-likeness (QED) is 0.173. The summed E-state index contributed by atoms with van der Waals surface area (Å²) in [5, 5.41) is 4.79. The largest absolute Gasteiger partial charge is 0.307 e. The molecule has 6 heteroatoms. The molecule has 0 spiro atoms. The van der Waals surface area contributed by atoms with Crippen LogP contribution in [0.1, 0.15) is 0 Å². The van der Waals surface area contributed by atoms with E-state index in [9.17, 15) is 0 Å². The summed E-state index contributed by atoms with van der Waals surface area (Å²) in [6, 6.07) is 75.8. The van der Waals surface area contributed by atoms with Crippen molar-refractivity contribution < 1.29 is 0 Å². The van der Waals surface area contributed by atoms with E-state index in [1.165, 1.54) is 42.4 Å². The van der Waals surface area contributed by atoms with Crippen molar-refractivity contribution in [2.24, 2.45) is 0 Å². The second-order valence-electron chi connectivity index (χ2n) is 16.0. The van der Waals surface area contributed by atoms with Gasteiger partial charge in [-0.25, -0.2) is 4.98 Å². The lowest BCUT2D eigenvalue weighted by molar-refractivity contribution is 0.953. The smallest absolute Gasteiger partial charge is 0.238 e. The predicted octanol–water partition coefficient (Wildman–Crippen LogP) is 15.5. The fourth-order valence-electron chi connectivity index (χ4n) is 9.54. The van der Waals surface area contributed by atoms with Crippen molar-refractivity contribution in [3.8, 4) is 62.1 Å². The number of hydrogen-bond acceptors (Lipinski definition) is 5. The van der Waals surface area contributed by atoms with E-state index >= 15 is 0 Å². The van der Waals surface area contributed by atoms with Gasteiger partial charge in [-0.2, -0.15) is 9.97 Å². The average Bonchev–Trinajstić information content (AvgIpc) is 3.86. The molecule has 1 aliphatic heterocycles. The molecule has 5 nitrogen and oxygen atoms in total. The normalized spacial score (nSPS) is 12.1. The molecule has 0 amide bonds. The highest BCUT2D eigenvalue weighted by molar-refractivity contribution is 7.25. The van der Waals surface area contributed by atoms with Crippen molar-refractivity contribution in [1.82, 2.24) is 19.5 Å². The van der Waals surface area contributed by atoms with Crippen LogP contribution in [0.25, 0.3) is 104 Å². The number of fused-ring (bicyclic) bond motifs is 12. The Morgan fingerprint density at radius 2 is 0.937 bits per heavy atom. The molecular weight excluding hydrogens is 787 g/mol. The van der Waals surface area contributed by atoms with Gasteiger partial charge >= 0.3 is 0 Å². The van der Waals surface area contributed by atoms with Crippen LogP contribution < -0.4 is 4.90 Å². The minimum atomic E-state index is 0.550. The maximum absolute atomic E-state index is 5.39. The number of benzene rings is 9. The van der Waals surface area contributed by atoms with E-state index in [4.69, 9.17) is 15.0 Å². The Morgan fingerprint density at radius 3 is 1.67 bits per heavy atom. The number of thiophene rings is 1. The van der Waals surface area contributed by atoms with Crippen molar-refractivity contribution in [2.45, 2.75) is 0 Å². The van der Waals surface area contributed by atoms with Gasteiger partial charge in [-0.15, -0.1) is 11.3 Å². The molecule has 294 valence electrons. The molecule has 0 bridgehead atoms. The van der Waals surface area contributed by atoms with Crippen LogP contribution in [0.15, 0.2) is 212 Å². The molecule has 0 atom stereocenters. The van der Waals surface area contributed by atoms with E-state index in [1.807, 2.05) is 47.7 Å². The van der Waals surface area contributed by atoms with Gasteiger partial charge in [0.15, 0.2) is 11.6 Å². The zero-order valence-electron chi connectivity index (χ0n) is 33.9. The second-order valence-corrected chi connectivity index (χ2v) is 17.1. The number of rotatable bonds is 5. The van der Waals surface area contributed by atoms with Gasteiger partial charge in [-0.05, 0) is 70.8 Å². The van der Waals surface area contributed by atoms with Gasteiger partial charge in [0.2, 0.25) is 5.95 Å². The van der Waals surface area contributed by atoms with Crippen LogP contribution in [-0.4, -0.2) is 19.5 Å². The van der Waals surface area contributed by atoms with E-state index in [0.29, 0.717) is 17.6 Å². The first-order valence-electron chi connectivity index (χ1n) is 21.2. The number of nitrogens with zero attached hydrogens (tertiary/aromatic N) is 5. The number of para-hydroxylation sites is 2. The van der Waals surface area contributed by atoms with Gasteiger partial charge in [-0.1, -0.05) is 164 Å². The standard InChI is InChI=1S/C57H35N5S/c1-4-16-36(17-5-1)55-58-56(37-18-6-2-7-19-37)60-57(59-55)62-50-32-28-38(39-29-33-52-48(35-39)44-25-13-15-27-51(44)63-52)34-47(50)46-31-30-45-42-23-11-10-22-41(42)43-24-12-14-26-49(43)61(53(45)54(46)62)40-20-8-3-9-21-40/h1-35H. The summed E-state index contributed by atoms with van der Waals surface area (Å²) in [6.07, 6.45) is 0. The predicted molar refractivity (Wildman–Crippen MR) is 262 cm³/mol. The number of hydrogen-bond donors (Lipinski definition) is 0. The van der Waals surface area contributed by atoms with Crippen LogP contribution in [0, 0.1) is 0 Å². The van der Waals surface area contributed by atoms with Crippen LogP contribution in [0.4, 0.5) is 17.1 Å². The van der Waals surface area contributed by atoms with Gasteiger partial charge < -0.3 is 4.90 Å². The zero-order chi connectivity index (χ0) is 41.4. The molecule has 0 saturated heterocycles. The van der Waals surface area contributed by atoms with Crippen molar-refractivity contribution >= 4 is 70.4 Å². The highest BCUT2D eigenvalue weighted by atomic mass is 32.1. The number of aromatic nitrogens is 4. The molecular formula is C57H35N5S. The minimum absolute atomic E-state index is 0.550. The summed E-state index contributed by atoms with van der Waals surface area (Å²) in [6.45, 7) is 0. The molecule has 13 rings (SSSR count). The van der Waals surface area contributed by atoms with E-state index in [0.717, 1.165) is 61.1 Å². The maximum Gasteiger partial charge on any atom is 0.238 e. The molecule has 0 unspecified atom stereocenters. The van der Waals surface area contributed by atoms with Crippen molar-refractivity contribution in [1.29, 1.82) is 0 Å². The maximum atomic E-state index is 5.39. The lowest BCUT2D eigenvalue weighted by Crippen LogP contribution is -2.13. The van der Waals surface area contributed by atoms with E-state index < -0.39 is 0 Å². The highest BCUT2D eigenvalue weighted by Crippen LogP contribution is 2.54. The van der Waals surface area contributed by atoms with Crippen molar-refractivity contribution in [3.05, 3.63) is 212 Å². The van der Waals surface area contributed by atoms with E-state index in [-0.39, 0.29) is 0 Å². The Bertz CT molecular complexity index is 3690. The fourth-order valence-corrected chi connectivity index (χ4v) is 10.6. The van der Waals surface area contributed by atoms with E-state index in [2.05, 4.69) is 185 Å². The molecule has 0 N–H and O–H groups in total. The lowest BCUT2D eigenvalue weighted by atomic mass is 9.94. The van der Waals surface area contributed by atoms with Crippen LogP contribution in [0.3, 0.4) is 0 Å². The molecule has 0 saturated carbocycles. The first-order chi connectivity index (χ1) is 31.2. The average molecular weight is 822 g/mol. The molecule has 0 radical (unpaired) electrons. The summed E-state index contributed by atoms with van der Waals surface area (Å²) < 4.78 is 4.88. The van der Waals surface area contributed by atoms with Crippen LogP contribution >= 0.6 is 11.3 Å². The Morgan fingerprint density at radius 1 is 0.365 bits per heavy atom. The molecule has 63 heavy (non-hydrogen) atoms. The van der Waals surface area contributed by atoms with Gasteiger partial charge in [0, 0.05) is 58.9 Å². The van der Waals surface area contributed by atoms with Crippen LogP contribution in [0.2, 0.25) is 0 Å².